The Balaban J connectivity index is 3.30. The fourth-order valence-corrected chi connectivity index (χ4v) is 3.86. The summed E-state index contributed by atoms with van der Waals surface area (Å²) in [5.74, 6) is -2.32. The van der Waals surface area contributed by atoms with Gasteiger partial charge in [0, 0.05) is 6.42 Å². The Labute approximate surface area is 148 Å². The monoisotopic (exact) mass is 369 g/mol. The number of aryl methyl sites for hydroxylation is 1. The lowest BCUT2D eigenvalue weighted by atomic mass is 9.85. The van der Waals surface area contributed by atoms with Crippen molar-refractivity contribution >= 4 is 21.9 Å². The third-order valence-electron chi connectivity index (χ3n) is 4.04. The number of aliphatic carboxylic acids is 1. The van der Waals surface area contributed by atoms with E-state index in [1.807, 2.05) is 26.8 Å². The minimum atomic E-state index is -4.11. The van der Waals surface area contributed by atoms with Gasteiger partial charge < -0.3 is 15.6 Å². The van der Waals surface area contributed by atoms with Gasteiger partial charge in [-0.1, -0.05) is 26.8 Å². The second-order valence-corrected chi connectivity index (χ2v) is 8.85. The minimum Gasteiger partial charge on any atom is -0.548 e. The first-order valence-electron chi connectivity index (χ1n) is 7.89. The molecule has 0 aromatic heterocycles. The SMILES string of the molecule is Cc1cc(C(C)(C)C)cc(S(=O)(=O)N[C@@H](CCC(N)=O)C(=O)[O-])c1C. The van der Waals surface area contributed by atoms with Crippen molar-refractivity contribution in [3.05, 3.63) is 28.8 Å². The number of hydrogen-bond donors (Lipinski definition) is 2. The summed E-state index contributed by atoms with van der Waals surface area (Å²) in [6.45, 7) is 9.33. The Bertz CT molecular complexity index is 779. The molecule has 8 heteroatoms. The molecule has 0 aliphatic rings. The molecule has 0 heterocycles. The molecule has 0 aliphatic heterocycles. The molecule has 1 amide bonds. The van der Waals surface area contributed by atoms with Crippen molar-refractivity contribution in [3.8, 4) is 0 Å². The number of carbonyl (C=O) groups is 2. The van der Waals surface area contributed by atoms with E-state index in [1.54, 1.807) is 19.9 Å². The number of rotatable bonds is 7. The van der Waals surface area contributed by atoms with Gasteiger partial charge >= 0.3 is 0 Å². The molecule has 1 aromatic carbocycles. The first-order chi connectivity index (χ1) is 11.3. The van der Waals surface area contributed by atoms with Crippen LogP contribution < -0.4 is 15.6 Å². The molecule has 0 spiro atoms. The normalized spacial score (nSPS) is 13.5. The van der Waals surface area contributed by atoms with Crippen molar-refractivity contribution in [3.63, 3.8) is 0 Å². The van der Waals surface area contributed by atoms with Gasteiger partial charge in [0.1, 0.15) is 0 Å². The second-order valence-electron chi connectivity index (χ2n) is 7.16. The number of amides is 1. The van der Waals surface area contributed by atoms with Gasteiger partial charge in [0.2, 0.25) is 15.9 Å². The van der Waals surface area contributed by atoms with E-state index in [0.29, 0.717) is 5.56 Å². The average molecular weight is 369 g/mol. The molecule has 140 valence electrons. The summed E-state index contributed by atoms with van der Waals surface area (Å²) >= 11 is 0. The van der Waals surface area contributed by atoms with Gasteiger partial charge in [-0.25, -0.2) is 13.1 Å². The quantitative estimate of drug-likeness (QED) is 0.712. The summed E-state index contributed by atoms with van der Waals surface area (Å²) in [5.41, 5.74) is 6.86. The highest BCUT2D eigenvalue weighted by atomic mass is 32.2. The third-order valence-corrected chi connectivity index (χ3v) is 5.63. The van der Waals surface area contributed by atoms with Gasteiger partial charge in [-0.05, 0) is 48.4 Å². The Morgan fingerprint density at radius 1 is 1.24 bits per heavy atom. The van der Waals surface area contributed by atoms with Crippen LogP contribution in [0.1, 0.15) is 50.3 Å². The summed E-state index contributed by atoms with van der Waals surface area (Å²) in [5, 5.41) is 11.2. The molecule has 0 saturated carbocycles. The van der Waals surface area contributed by atoms with E-state index in [0.717, 1.165) is 11.1 Å². The first kappa shape index (κ1) is 21.1. The zero-order valence-corrected chi connectivity index (χ0v) is 16.0. The number of carboxylic acid groups (broad SMARTS) is 1. The molecule has 0 fully saturated rings. The molecule has 0 aliphatic carbocycles. The number of nitrogens with two attached hydrogens (primary N) is 1. The molecule has 7 nitrogen and oxygen atoms in total. The summed E-state index contributed by atoms with van der Waals surface area (Å²) < 4.78 is 27.6. The summed E-state index contributed by atoms with van der Waals surface area (Å²) in [6, 6.07) is 1.93. The number of hydrogen-bond acceptors (Lipinski definition) is 5. The standard InChI is InChI=1S/C17H26N2O5S/c1-10-8-12(17(3,4)5)9-14(11(10)2)25(23,24)19-13(16(21)22)6-7-15(18)20/h8-9,13,19H,6-7H2,1-5H3,(H2,18,20)(H,21,22)/p-1/t13-/m0/s1. The van der Waals surface area contributed by atoms with E-state index in [1.165, 1.54) is 0 Å². The molecule has 3 N–H and O–H groups in total. The molecule has 0 unspecified atom stereocenters. The molecular formula is C17H25N2O5S-. The highest BCUT2D eigenvalue weighted by molar-refractivity contribution is 7.89. The van der Waals surface area contributed by atoms with E-state index in [9.17, 15) is 23.1 Å². The van der Waals surface area contributed by atoms with Gasteiger partial charge in [0.05, 0.1) is 16.9 Å². The lowest BCUT2D eigenvalue weighted by Gasteiger charge is -2.24. The van der Waals surface area contributed by atoms with Crippen molar-refractivity contribution in [2.45, 2.75) is 63.8 Å². The van der Waals surface area contributed by atoms with Crippen molar-refractivity contribution in [2.75, 3.05) is 0 Å². The van der Waals surface area contributed by atoms with Crippen LogP contribution in [0.3, 0.4) is 0 Å². The zero-order chi connectivity index (χ0) is 19.6. The van der Waals surface area contributed by atoms with Gasteiger partial charge in [0.25, 0.3) is 0 Å². The molecule has 1 aromatic rings. The molecule has 1 atom stereocenters. The van der Waals surface area contributed by atoms with E-state index in [-0.39, 0.29) is 23.2 Å². The molecule has 0 saturated heterocycles. The van der Waals surface area contributed by atoms with Crippen LogP contribution in [-0.2, 0) is 25.0 Å². The van der Waals surface area contributed by atoms with Crippen LogP contribution in [0, 0.1) is 13.8 Å². The van der Waals surface area contributed by atoms with Crippen LogP contribution >= 0.6 is 0 Å². The smallest absolute Gasteiger partial charge is 0.241 e. The van der Waals surface area contributed by atoms with Crippen molar-refractivity contribution in [1.82, 2.24) is 4.72 Å². The fourth-order valence-electron chi connectivity index (χ4n) is 2.30. The van der Waals surface area contributed by atoms with Crippen molar-refractivity contribution in [2.24, 2.45) is 5.73 Å². The topological polar surface area (TPSA) is 129 Å². The first-order valence-corrected chi connectivity index (χ1v) is 9.37. The highest BCUT2D eigenvalue weighted by Crippen LogP contribution is 2.29. The molecule has 1 rings (SSSR count). The summed E-state index contributed by atoms with van der Waals surface area (Å²) in [6.07, 6.45) is -0.533. The Hall–Kier alpha value is -1.93. The number of carboxylic acids is 1. The number of carbonyl (C=O) groups excluding carboxylic acids is 2. The predicted octanol–water partition coefficient (Wildman–Crippen LogP) is 0.263. The van der Waals surface area contributed by atoms with Crippen molar-refractivity contribution in [1.29, 1.82) is 0 Å². The lowest BCUT2D eigenvalue weighted by molar-refractivity contribution is -0.308. The Morgan fingerprint density at radius 2 is 1.80 bits per heavy atom. The van der Waals surface area contributed by atoms with Crippen molar-refractivity contribution < 1.29 is 23.1 Å². The van der Waals surface area contributed by atoms with Crippen LogP contribution in [0.25, 0.3) is 0 Å². The minimum absolute atomic E-state index is 0.0164. The highest BCUT2D eigenvalue weighted by Gasteiger charge is 2.26. The molecule has 0 radical (unpaired) electrons. The van der Waals surface area contributed by atoms with Crippen LogP contribution in [-0.4, -0.2) is 26.3 Å². The van der Waals surface area contributed by atoms with E-state index < -0.39 is 27.9 Å². The maximum absolute atomic E-state index is 12.7. The second kappa shape index (κ2) is 7.53. The van der Waals surface area contributed by atoms with Gasteiger partial charge in [0.15, 0.2) is 0 Å². The number of benzene rings is 1. The molecule has 0 bridgehead atoms. The Morgan fingerprint density at radius 3 is 2.24 bits per heavy atom. The zero-order valence-electron chi connectivity index (χ0n) is 15.2. The van der Waals surface area contributed by atoms with Gasteiger partial charge in [-0.3, -0.25) is 4.79 Å². The van der Waals surface area contributed by atoms with Crippen LogP contribution in [0.4, 0.5) is 0 Å². The maximum atomic E-state index is 12.7. The number of sulfonamides is 1. The van der Waals surface area contributed by atoms with E-state index >= 15 is 0 Å². The fraction of sp³-hybridized carbons (Fsp3) is 0.529. The van der Waals surface area contributed by atoms with E-state index in [4.69, 9.17) is 5.73 Å². The average Bonchev–Trinajstić information content (AvgIpc) is 2.44. The largest absolute Gasteiger partial charge is 0.548 e. The maximum Gasteiger partial charge on any atom is 0.241 e. The predicted molar refractivity (Wildman–Crippen MR) is 92.2 cm³/mol. The van der Waals surface area contributed by atoms with E-state index in [2.05, 4.69) is 4.72 Å². The van der Waals surface area contributed by atoms with Gasteiger partial charge in [-0.15, -0.1) is 0 Å². The van der Waals surface area contributed by atoms with Crippen LogP contribution in [0.5, 0.6) is 0 Å². The summed E-state index contributed by atoms with van der Waals surface area (Å²) in [4.78, 5) is 22.1. The lowest BCUT2D eigenvalue weighted by Crippen LogP contribution is -2.48. The van der Waals surface area contributed by atoms with Gasteiger partial charge in [-0.2, -0.15) is 0 Å². The Kier molecular flexibility index (Phi) is 6.36. The molecular weight excluding hydrogens is 344 g/mol. The number of nitrogens with one attached hydrogen (secondary N) is 1. The summed E-state index contributed by atoms with van der Waals surface area (Å²) in [7, 11) is -4.11. The third kappa shape index (κ3) is 5.54. The van der Waals surface area contributed by atoms with Crippen LogP contribution in [0.15, 0.2) is 17.0 Å². The molecule has 25 heavy (non-hydrogen) atoms. The van der Waals surface area contributed by atoms with Crippen LogP contribution in [0.2, 0.25) is 0 Å². The number of primary amides is 1.